The van der Waals surface area contributed by atoms with Crippen molar-refractivity contribution in [2.75, 3.05) is 25.6 Å². The number of rotatable bonds is 7. The maximum Gasteiger partial charge on any atom is 0.0576 e. The molecule has 1 aromatic rings. The summed E-state index contributed by atoms with van der Waals surface area (Å²) in [6, 6.07) is 8.82. The molecule has 2 atom stereocenters. The van der Waals surface area contributed by atoms with Crippen molar-refractivity contribution >= 4 is 5.69 Å². The molecule has 0 bridgehead atoms. The van der Waals surface area contributed by atoms with E-state index in [4.69, 9.17) is 10.6 Å². The third kappa shape index (κ3) is 4.20. The van der Waals surface area contributed by atoms with Crippen LogP contribution in [0.4, 0.5) is 5.69 Å². The van der Waals surface area contributed by atoms with E-state index >= 15 is 0 Å². The fraction of sp³-hybridized carbons (Fsp3) is 0.625. The molecule has 0 saturated carbocycles. The summed E-state index contributed by atoms with van der Waals surface area (Å²) >= 11 is 0. The zero-order valence-corrected chi connectivity index (χ0v) is 12.6. The smallest absolute Gasteiger partial charge is 0.0576 e. The number of hydrogen-bond acceptors (Lipinski definition) is 4. The number of ether oxygens (including phenoxy) is 1. The molecule has 3 N–H and O–H groups in total. The number of nitrogens with one attached hydrogen (secondary N) is 1. The Morgan fingerprint density at radius 3 is 2.65 bits per heavy atom. The summed E-state index contributed by atoms with van der Waals surface area (Å²) in [6.45, 7) is 0.940. The van der Waals surface area contributed by atoms with Crippen LogP contribution < -0.4 is 16.2 Å². The first kappa shape index (κ1) is 15.3. The van der Waals surface area contributed by atoms with Crippen LogP contribution in [-0.4, -0.2) is 26.8 Å². The van der Waals surface area contributed by atoms with Crippen molar-refractivity contribution < 1.29 is 4.74 Å². The van der Waals surface area contributed by atoms with Gasteiger partial charge in [-0.2, -0.15) is 0 Å². The van der Waals surface area contributed by atoms with E-state index < -0.39 is 0 Å². The molecule has 0 amide bonds. The molecule has 1 fully saturated rings. The van der Waals surface area contributed by atoms with Gasteiger partial charge in [-0.15, -0.1) is 0 Å². The van der Waals surface area contributed by atoms with Crippen LogP contribution in [0.15, 0.2) is 24.3 Å². The molecule has 0 radical (unpaired) electrons. The van der Waals surface area contributed by atoms with Crippen LogP contribution in [0.2, 0.25) is 0 Å². The van der Waals surface area contributed by atoms with Gasteiger partial charge in [0.15, 0.2) is 0 Å². The fourth-order valence-corrected chi connectivity index (χ4v) is 2.77. The minimum absolute atomic E-state index is 0.229. The summed E-state index contributed by atoms with van der Waals surface area (Å²) in [5.74, 6) is 5.71. The Labute approximate surface area is 122 Å². The zero-order valence-electron chi connectivity index (χ0n) is 12.6. The maximum atomic E-state index is 5.71. The third-order valence-electron chi connectivity index (χ3n) is 4.06. The van der Waals surface area contributed by atoms with Crippen LogP contribution in [-0.2, 0) is 4.74 Å². The second-order valence-corrected chi connectivity index (χ2v) is 5.77. The molecule has 1 heterocycles. The van der Waals surface area contributed by atoms with Gasteiger partial charge in [0.25, 0.3) is 0 Å². The average Bonchev–Trinajstić information content (AvgIpc) is 2.97. The van der Waals surface area contributed by atoms with Gasteiger partial charge in [0, 0.05) is 32.4 Å². The van der Waals surface area contributed by atoms with Crippen molar-refractivity contribution in [3.05, 3.63) is 29.8 Å². The molecule has 0 spiro atoms. The van der Waals surface area contributed by atoms with Crippen LogP contribution in [0.25, 0.3) is 0 Å². The monoisotopic (exact) mass is 277 g/mol. The summed E-state index contributed by atoms with van der Waals surface area (Å²) in [5, 5.41) is 0. The van der Waals surface area contributed by atoms with Crippen LogP contribution >= 0.6 is 0 Å². The number of benzene rings is 1. The third-order valence-corrected chi connectivity index (χ3v) is 4.06. The summed E-state index contributed by atoms with van der Waals surface area (Å²) in [5.41, 5.74) is 5.40. The second-order valence-electron chi connectivity index (χ2n) is 5.77. The Morgan fingerprint density at radius 2 is 2.10 bits per heavy atom. The van der Waals surface area contributed by atoms with Crippen molar-refractivity contribution in [3.63, 3.8) is 0 Å². The van der Waals surface area contributed by atoms with Gasteiger partial charge >= 0.3 is 0 Å². The maximum absolute atomic E-state index is 5.71. The molecule has 4 heteroatoms. The van der Waals surface area contributed by atoms with E-state index in [1.54, 1.807) is 0 Å². The molecule has 20 heavy (non-hydrogen) atoms. The van der Waals surface area contributed by atoms with E-state index in [-0.39, 0.29) is 6.04 Å². The van der Waals surface area contributed by atoms with E-state index in [0.717, 1.165) is 25.9 Å². The van der Waals surface area contributed by atoms with Gasteiger partial charge in [-0.3, -0.25) is 11.3 Å². The number of hydrogen-bond donors (Lipinski definition) is 2. The molecule has 0 aliphatic carbocycles. The van der Waals surface area contributed by atoms with Gasteiger partial charge in [0.2, 0.25) is 0 Å². The van der Waals surface area contributed by atoms with Gasteiger partial charge in [-0.05, 0) is 49.8 Å². The van der Waals surface area contributed by atoms with Gasteiger partial charge in [0.05, 0.1) is 6.10 Å². The molecule has 1 saturated heterocycles. The molecule has 2 unspecified atom stereocenters. The Kier molecular flexibility index (Phi) is 5.83. The zero-order chi connectivity index (χ0) is 14.4. The highest BCUT2D eigenvalue weighted by Crippen LogP contribution is 2.24. The molecule has 4 nitrogen and oxygen atoms in total. The van der Waals surface area contributed by atoms with Gasteiger partial charge in [0.1, 0.15) is 0 Å². The van der Waals surface area contributed by atoms with E-state index in [2.05, 4.69) is 48.7 Å². The van der Waals surface area contributed by atoms with E-state index in [9.17, 15) is 0 Å². The predicted molar refractivity (Wildman–Crippen MR) is 83.7 cm³/mol. The SMILES string of the molecule is CN(C)c1ccc(C(CCCC2CCCO2)NN)cc1. The Bertz CT molecular complexity index is 385. The lowest BCUT2D eigenvalue weighted by Gasteiger charge is -2.19. The summed E-state index contributed by atoms with van der Waals surface area (Å²) in [4.78, 5) is 2.10. The lowest BCUT2D eigenvalue weighted by atomic mass is 9.99. The quantitative estimate of drug-likeness (QED) is 0.594. The topological polar surface area (TPSA) is 50.5 Å². The predicted octanol–water partition coefficient (Wildman–Crippen LogP) is 2.61. The van der Waals surface area contributed by atoms with Crippen LogP contribution in [0.1, 0.15) is 43.7 Å². The van der Waals surface area contributed by atoms with Crippen LogP contribution in [0, 0.1) is 0 Å². The van der Waals surface area contributed by atoms with Crippen molar-refractivity contribution in [1.82, 2.24) is 5.43 Å². The summed E-state index contributed by atoms with van der Waals surface area (Å²) in [7, 11) is 4.10. The molecular weight excluding hydrogens is 250 g/mol. The Hall–Kier alpha value is -1.10. The normalized spacial score (nSPS) is 20.1. The van der Waals surface area contributed by atoms with Gasteiger partial charge < -0.3 is 9.64 Å². The number of nitrogens with two attached hydrogens (primary N) is 1. The van der Waals surface area contributed by atoms with Crippen molar-refractivity contribution in [2.24, 2.45) is 5.84 Å². The Morgan fingerprint density at radius 1 is 1.35 bits per heavy atom. The molecule has 2 rings (SSSR count). The highest BCUT2D eigenvalue weighted by atomic mass is 16.5. The molecule has 112 valence electrons. The molecule has 1 aromatic carbocycles. The lowest BCUT2D eigenvalue weighted by Crippen LogP contribution is -2.28. The largest absolute Gasteiger partial charge is 0.378 e. The minimum Gasteiger partial charge on any atom is -0.378 e. The number of nitrogens with zero attached hydrogens (tertiary/aromatic N) is 1. The first-order valence-electron chi connectivity index (χ1n) is 7.55. The van der Waals surface area contributed by atoms with E-state index in [0.29, 0.717) is 6.10 Å². The average molecular weight is 277 g/mol. The minimum atomic E-state index is 0.229. The first-order chi connectivity index (χ1) is 9.70. The summed E-state index contributed by atoms with van der Waals surface area (Å²) < 4.78 is 5.66. The summed E-state index contributed by atoms with van der Waals surface area (Å²) in [6.07, 6.45) is 6.26. The second kappa shape index (κ2) is 7.62. The molecule has 1 aliphatic rings. The molecule has 1 aliphatic heterocycles. The van der Waals surface area contributed by atoms with Gasteiger partial charge in [-0.25, -0.2) is 0 Å². The first-order valence-corrected chi connectivity index (χ1v) is 7.55. The lowest BCUT2D eigenvalue weighted by molar-refractivity contribution is 0.101. The number of anilines is 1. The molecular formula is C16H27N3O. The van der Waals surface area contributed by atoms with E-state index in [1.807, 2.05) is 0 Å². The van der Waals surface area contributed by atoms with Crippen LogP contribution in [0.5, 0.6) is 0 Å². The van der Waals surface area contributed by atoms with E-state index in [1.165, 1.54) is 24.1 Å². The standard InChI is InChI=1S/C16H27N3O/c1-19(2)14-10-8-13(9-11-14)16(18-17)7-3-5-15-6-4-12-20-15/h8-11,15-16,18H,3-7,12,17H2,1-2H3. The van der Waals surface area contributed by atoms with Gasteiger partial charge in [-0.1, -0.05) is 12.1 Å². The number of hydrazine groups is 1. The Balaban J connectivity index is 1.83. The fourth-order valence-electron chi connectivity index (χ4n) is 2.77. The van der Waals surface area contributed by atoms with Crippen molar-refractivity contribution in [1.29, 1.82) is 0 Å². The molecule has 0 aromatic heterocycles. The van der Waals surface area contributed by atoms with Crippen molar-refractivity contribution in [2.45, 2.75) is 44.2 Å². The highest BCUT2D eigenvalue weighted by molar-refractivity contribution is 5.46. The van der Waals surface area contributed by atoms with Crippen molar-refractivity contribution in [3.8, 4) is 0 Å². The van der Waals surface area contributed by atoms with Crippen LogP contribution in [0.3, 0.4) is 0 Å². The highest BCUT2D eigenvalue weighted by Gasteiger charge is 2.16.